The number of hydrogen-bond donors (Lipinski definition) is 0. The van der Waals surface area contributed by atoms with Crippen molar-refractivity contribution >= 4 is 51.9 Å². The van der Waals surface area contributed by atoms with Crippen LogP contribution in [0.4, 0.5) is 0 Å². The molecule has 0 spiro atoms. The molecule has 3 rings (SSSR count). The number of hydrogen-bond acceptors (Lipinski definition) is 10. The monoisotopic (exact) mass is 607 g/mol. The molecule has 0 radical (unpaired) electrons. The Labute approximate surface area is 221 Å². The molecule has 2 aromatic rings. The Morgan fingerprint density at radius 3 is 1.45 bits per heavy atom. The van der Waals surface area contributed by atoms with E-state index in [-0.39, 0.29) is 30.7 Å². The van der Waals surface area contributed by atoms with E-state index in [4.69, 9.17) is 0 Å². The molecule has 1 aliphatic heterocycles. The van der Waals surface area contributed by atoms with Gasteiger partial charge >= 0.3 is 0 Å². The van der Waals surface area contributed by atoms with Crippen molar-refractivity contribution in [2.24, 2.45) is 0 Å². The van der Waals surface area contributed by atoms with Gasteiger partial charge in [-0.1, -0.05) is 43.8 Å². The fourth-order valence-corrected chi connectivity index (χ4v) is 10.1. The summed E-state index contributed by atoms with van der Waals surface area (Å²) in [5, 5.41) is 0. The van der Waals surface area contributed by atoms with Gasteiger partial charge in [0.05, 0.1) is 55.3 Å². The maximum atomic E-state index is 12.7. The molecule has 17 heteroatoms. The maximum absolute atomic E-state index is 12.7. The van der Waals surface area contributed by atoms with Crippen LogP contribution in [0.2, 0.25) is 0 Å². The first kappa shape index (κ1) is 29.9. The van der Waals surface area contributed by atoms with Crippen LogP contribution in [0.1, 0.15) is 37.9 Å². The van der Waals surface area contributed by atoms with Crippen molar-refractivity contribution in [3.63, 3.8) is 0 Å². The van der Waals surface area contributed by atoms with Gasteiger partial charge < -0.3 is 0 Å². The van der Waals surface area contributed by atoms with Gasteiger partial charge in [-0.2, -0.15) is 0 Å². The molecule has 1 heterocycles. The van der Waals surface area contributed by atoms with Crippen LogP contribution in [0.25, 0.3) is 0 Å². The molecule has 0 aromatic heterocycles. The molecule has 2 amide bonds. The average molecular weight is 608 g/mol. The minimum Gasteiger partial charge on any atom is -0.270 e. The van der Waals surface area contributed by atoms with Crippen LogP contribution in [0.15, 0.2) is 48.5 Å². The van der Waals surface area contributed by atoms with Crippen molar-refractivity contribution in [3.8, 4) is 0 Å². The van der Waals surface area contributed by atoms with E-state index in [1.54, 1.807) is 12.1 Å². The number of nitrogens with zero attached hydrogens (tertiary/aromatic N) is 3. The number of amides is 2. The van der Waals surface area contributed by atoms with Gasteiger partial charge in [0.15, 0.2) is 0 Å². The quantitative estimate of drug-likeness (QED) is 0.333. The lowest BCUT2D eigenvalue weighted by Crippen LogP contribution is -2.46. The molecule has 0 fully saturated rings. The predicted octanol–water partition coefficient (Wildman–Crippen LogP) is -0.0337. The van der Waals surface area contributed by atoms with Crippen LogP contribution in [-0.2, 0) is 46.6 Å². The van der Waals surface area contributed by atoms with Gasteiger partial charge in [0, 0.05) is 0 Å². The third-order valence-electron chi connectivity index (χ3n) is 5.55. The summed E-state index contributed by atoms with van der Waals surface area (Å²) in [7, 11) is -18.0. The number of benzene rings is 2. The molecule has 0 saturated carbocycles. The van der Waals surface area contributed by atoms with Gasteiger partial charge in [-0.25, -0.2) is 33.7 Å². The largest absolute Gasteiger partial charge is 0.270 e. The van der Waals surface area contributed by atoms with E-state index in [2.05, 4.69) is 0 Å². The average Bonchev–Trinajstić information content (AvgIpc) is 2.98. The SMILES string of the molecule is CS(=O)(=O)N(CC(c1ccc(CN2C(=O)c3ccccc3C2=O)cc1)N(S(C)(=O)=O)S(C)(=O)=O)S(C)(=O)=O. The van der Waals surface area contributed by atoms with Crippen LogP contribution >= 0.6 is 0 Å². The Bertz CT molecular complexity index is 1620. The minimum absolute atomic E-state index is 0.0146. The maximum Gasteiger partial charge on any atom is 0.261 e. The van der Waals surface area contributed by atoms with Crippen molar-refractivity contribution in [1.29, 1.82) is 0 Å². The molecule has 13 nitrogen and oxygen atoms in total. The molecule has 2 aromatic carbocycles. The second-order valence-electron chi connectivity index (χ2n) is 8.73. The molecule has 0 N–H and O–H groups in total. The zero-order valence-corrected chi connectivity index (χ0v) is 23.9. The van der Waals surface area contributed by atoms with E-state index in [1.165, 1.54) is 36.4 Å². The minimum atomic E-state index is -4.55. The molecule has 0 aliphatic carbocycles. The topological polar surface area (TPSA) is 180 Å². The molecule has 0 saturated heterocycles. The molecule has 0 bridgehead atoms. The van der Waals surface area contributed by atoms with Crippen molar-refractivity contribution < 1.29 is 43.3 Å². The third-order valence-corrected chi connectivity index (χ3v) is 12.4. The molecule has 38 heavy (non-hydrogen) atoms. The van der Waals surface area contributed by atoms with Crippen molar-refractivity contribution in [3.05, 3.63) is 70.8 Å². The summed E-state index contributed by atoms with van der Waals surface area (Å²) < 4.78 is 99.0. The van der Waals surface area contributed by atoms with E-state index in [9.17, 15) is 43.3 Å². The number of carbonyl (C=O) groups excluding carboxylic acids is 2. The molecular formula is C21H25N3O10S4. The predicted molar refractivity (Wildman–Crippen MR) is 138 cm³/mol. The van der Waals surface area contributed by atoms with Gasteiger partial charge in [-0.3, -0.25) is 14.5 Å². The van der Waals surface area contributed by atoms with Crippen LogP contribution in [0.3, 0.4) is 0 Å². The Kier molecular flexibility index (Phi) is 7.95. The Morgan fingerprint density at radius 2 is 1.08 bits per heavy atom. The Balaban J connectivity index is 2.04. The van der Waals surface area contributed by atoms with Crippen LogP contribution < -0.4 is 0 Å². The van der Waals surface area contributed by atoms with E-state index in [1.807, 2.05) is 0 Å². The van der Waals surface area contributed by atoms with Gasteiger partial charge in [-0.15, -0.1) is 0 Å². The zero-order chi connectivity index (χ0) is 28.8. The molecule has 208 valence electrons. The number of sulfonamides is 4. The normalized spacial score (nSPS) is 15.8. The lowest BCUT2D eigenvalue weighted by atomic mass is 10.1. The fourth-order valence-electron chi connectivity index (χ4n) is 4.07. The van der Waals surface area contributed by atoms with Crippen molar-refractivity contribution in [1.82, 2.24) is 12.3 Å². The Hall–Kier alpha value is -2.70. The third kappa shape index (κ3) is 6.29. The fraction of sp³-hybridized carbons (Fsp3) is 0.333. The summed E-state index contributed by atoms with van der Waals surface area (Å²) in [6.07, 6.45) is 2.34. The summed E-state index contributed by atoms with van der Waals surface area (Å²) in [5.74, 6) is -1.02. The lowest BCUT2D eigenvalue weighted by molar-refractivity contribution is 0.0642. The summed E-state index contributed by atoms with van der Waals surface area (Å²) in [4.78, 5) is 26.3. The first-order valence-corrected chi connectivity index (χ1v) is 18.0. The van der Waals surface area contributed by atoms with Crippen LogP contribution in [0.5, 0.6) is 0 Å². The Morgan fingerprint density at radius 1 is 0.658 bits per heavy atom. The highest BCUT2D eigenvalue weighted by Gasteiger charge is 2.41. The van der Waals surface area contributed by atoms with Gasteiger partial charge in [0.2, 0.25) is 40.1 Å². The van der Waals surface area contributed by atoms with Crippen LogP contribution in [-0.4, -0.2) is 89.4 Å². The number of fused-ring (bicyclic) bond motifs is 1. The second-order valence-corrected chi connectivity index (χ2v) is 16.7. The van der Waals surface area contributed by atoms with E-state index >= 15 is 0 Å². The first-order chi connectivity index (χ1) is 17.2. The standard InChI is InChI=1S/C21H25N3O10S4/c1-35(27,28)23(36(2,29)30)14-19(24(37(3,31)32)38(4,33)34)16-11-9-15(10-12-16)13-22-20(25)17-7-5-6-8-18(17)21(22)26/h5-12,19H,13-14H2,1-4H3. The van der Waals surface area contributed by atoms with Crippen molar-refractivity contribution in [2.75, 3.05) is 31.6 Å². The summed E-state index contributed by atoms with van der Waals surface area (Å²) in [5.41, 5.74) is 0.847. The van der Waals surface area contributed by atoms with Crippen LogP contribution in [0, 0.1) is 0 Å². The van der Waals surface area contributed by atoms with E-state index < -0.39 is 64.5 Å². The lowest BCUT2D eigenvalue weighted by Gasteiger charge is -2.31. The van der Waals surface area contributed by atoms with Crippen molar-refractivity contribution in [2.45, 2.75) is 12.6 Å². The molecule has 1 unspecified atom stereocenters. The van der Waals surface area contributed by atoms with Gasteiger partial charge in [-0.05, 0) is 23.3 Å². The second kappa shape index (κ2) is 10.1. The molecule has 1 aliphatic rings. The highest BCUT2D eigenvalue weighted by molar-refractivity contribution is 8.04. The first-order valence-electron chi connectivity index (χ1n) is 10.6. The van der Waals surface area contributed by atoms with Gasteiger partial charge in [0.25, 0.3) is 11.8 Å². The number of rotatable bonds is 10. The number of carbonyl (C=O) groups is 2. The summed E-state index contributed by atoms with van der Waals surface area (Å²) in [6.45, 7) is -1.21. The highest BCUT2D eigenvalue weighted by Crippen LogP contribution is 2.30. The smallest absolute Gasteiger partial charge is 0.261 e. The molecular weight excluding hydrogens is 583 g/mol. The molecule has 1 atom stereocenters. The van der Waals surface area contributed by atoms with Gasteiger partial charge in [0.1, 0.15) is 0 Å². The van der Waals surface area contributed by atoms with E-state index in [0.717, 1.165) is 4.90 Å². The highest BCUT2D eigenvalue weighted by atomic mass is 32.3. The number of imide groups is 1. The summed E-state index contributed by atoms with van der Waals surface area (Å²) in [6, 6.07) is 9.79. The summed E-state index contributed by atoms with van der Waals surface area (Å²) >= 11 is 0. The zero-order valence-electron chi connectivity index (χ0n) is 20.7. The van der Waals surface area contributed by atoms with E-state index in [0.29, 0.717) is 30.6 Å².